The molecule has 2 aromatic carbocycles. The molecule has 4 rings (SSSR count). The first-order chi connectivity index (χ1) is 13.5. The lowest BCUT2D eigenvalue weighted by Gasteiger charge is -2.31. The van der Waals surface area contributed by atoms with E-state index in [1.807, 2.05) is 29.1 Å². The summed E-state index contributed by atoms with van der Waals surface area (Å²) in [4.78, 5) is 0. The van der Waals surface area contributed by atoms with Gasteiger partial charge in [-0.1, -0.05) is 43.3 Å². The Morgan fingerprint density at radius 3 is 2.64 bits per heavy atom. The van der Waals surface area contributed by atoms with Crippen molar-refractivity contribution in [1.82, 2.24) is 9.78 Å². The molecule has 144 valence electrons. The Hall–Kier alpha value is -2.72. The van der Waals surface area contributed by atoms with Crippen molar-refractivity contribution in [3.63, 3.8) is 0 Å². The van der Waals surface area contributed by atoms with E-state index in [0.717, 1.165) is 42.6 Å². The van der Waals surface area contributed by atoms with Gasteiger partial charge in [-0.05, 0) is 72.6 Å². The highest BCUT2D eigenvalue weighted by Crippen LogP contribution is 2.37. The Bertz CT molecular complexity index is 962. The molecule has 0 spiro atoms. The van der Waals surface area contributed by atoms with E-state index in [4.69, 9.17) is 0 Å². The lowest BCUT2D eigenvalue weighted by atomic mass is 9.75. The number of hydrogen-bond acceptors (Lipinski definition) is 2. The number of halogens is 1. The van der Waals surface area contributed by atoms with E-state index >= 15 is 0 Å². The van der Waals surface area contributed by atoms with Crippen LogP contribution >= 0.6 is 0 Å². The number of aryl methyl sites for hydroxylation is 1. The number of fused-ring (bicyclic) bond motifs is 1. The van der Waals surface area contributed by atoms with Crippen LogP contribution in [0.2, 0.25) is 0 Å². The zero-order valence-electron chi connectivity index (χ0n) is 16.1. The molecule has 0 radical (unpaired) electrons. The highest BCUT2D eigenvalue weighted by Gasteiger charge is 2.30. The molecule has 0 aliphatic heterocycles. The van der Waals surface area contributed by atoms with Crippen LogP contribution in [0.4, 0.5) is 4.39 Å². The molecule has 28 heavy (non-hydrogen) atoms. The minimum absolute atomic E-state index is 0.0975. The summed E-state index contributed by atoms with van der Waals surface area (Å²) in [6.45, 7) is 2.19. The van der Waals surface area contributed by atoms with Crippen LogP contribution in [0.5, 0.6) is 0 Å². The molecular weight excluding hydrogens is 351 g/mol. The number of rotatable bonds is 6. The number of aliphatic hydroxyl groups is 1. The summed E-state index contributed by atoms with van der Waals surface area (Å²) in [5.41, 5.74) is 4.19. The standard InChI is InChI=1S/C24H25FN2O/c1-24(16-22(28)12-7-18-5-3-2-4-6-18)14-13-23-19(15-24)17-26-27(23)21-10-8-20(25)9-11-21/h2-6,8-11,13-14,17,22,28H,7,12,15-16H2,1H3/t22-,24?/m1/s1. The van der Waals surface area contributed by atoms with Gasteiger partial charge in [0.1, 0.15) is 5.82 Å². The van der Waals surface area contributed by atoms with Gasteiger partial charge in [0.05, 0.1) is 23.7 Å². The van der Waals surface area contributed by atoms with Gasteiger partial charge in [0.15, 0.2) is 0 Å². The van der Waals surface area contributed by atoms with Gasteiger partial charge in [-0.2, -0.15) is 5.10 Å². The highest BCUT2D eigenvalue weighted by atomic mass is 19.1. The smallest absolute Gasteiger partial charge is 0.123 e. The third kappa shape index (κ3) is 4.07. The van der Waals surface area contributed by atoms with Crippen molar-refractivity contribution in [3.05, 3.63) is 89.5 Å². The molecule has 0 bridgehead atoms. The summed E-state index contributed by atoms with van der Waals surface area (Å²) >= 11 is 0. The van der Waals surface area contributed by atoms with E-state index in [1.165, 1.54) is 17.7 Å². The van der Waals surface area contributed by atoms with Crippen LogP contribution in [0.15, 0.2) is 66.9 Å². The van der Waals surface area contributed by atoms with Crippen molar-refractivity contribution in [2.24, 2.45) is 5.41 Å². The van der Waals surface area contributed by atoms with E-state index in [-0.39, 0.29) is 17.3 Å². The van der Waals surface area contributed by atoms with Crippen molar-refractivity contribution in [2.75, 3.05) is 0 Å². The van der Waals surface area contributed by atoms with Crippen molar-refractivity contribution in [3.8, 4) is 5.69 Å². The first-order valence-corrected chi connectivity index (χ1v) is 9.76. The molecule has 1 aromatic heterocycles. The van der Waals surface area contributed by atoms with Gasteiger partial charge in [0.25, 0.3) is 0 Å². The zero-order chi connectivity index (χ0) is 19.6. The molecule has 0 saturated carbocycles. The molecular formula is C24H25FN2O. The van der Waals surface area contributed by atoms with Crippen molar-refractivity contribution >= 4 is 6.08 Å². The second kappa shape index (κ2) is 7.72. The van der Waals surface area contributed by atoms with Crippen LogP contribution in [0.3, 0.4) is 0 Å². The summed E-state index contributed by atoms with van der Waals surface area (Å²) in [6, 6.07) is 16.6. The molecule has 2 atom stereocenters. The van der Waals surface area contributed by atoms with E-state index in [0.29, 0.717) is 0 Å². The predicted octanol–water partition coefficient (Wildman–Crippen LogP) is 4.97. The zero-order valence-corrected chi connectivity index (χ0v) is 16.1. The number of hydrogen-bond donors (Lipinski definition) is 1. The minimum atomic E-state index is -0.344. The maximum Gasteiger partial charge on any atom is 0.123 e. The normalized spacial score (nSPS) is 19.4. The number of aliphatic hydroxyl groups excluding tert-OH is 1. The first-order valence-electron chi connectivity index (χ1n) is 9.76. The average molecular weight is 376 g/mol. The Morgan fingerprint density at radius 2 is 1.89 bits per heavy atom. The van der Waals surface area contributed by atoms with Crippen LogP contribution in [0.25, 0.3) is 11.8 Å². The lowest BCUT2D eigenvalue weighted by Crippen LogP contribution is -2.26. The summed E-state index contributed by atoms with van der Waals surface area (Å²) in [6.07, 6.45) is 9.01. The Labute approximate surface area is 165 Å². The molecule has 4 heteroatoms. The fourth-order valence-corrected chi connectivity index (χ4v) is 4.03. The summed E-state index contributed by atoms with van der Waals surface area (Å²) < 4.78 is 15.0. The number of nitrogens with zero attached hydrogens (tertiary/aromatic N) is 2. The van der Waals surface area contributed by atoms with Gasteiger partial charge in [-0.15, -0.1) is 0 Å². The maximum absolute atomic E-state index is 13.2. The Balaban J connectivity index is 1.43. The number of aromatic nitrogens is 2. The molecule has 1 aliphatic carbocycles. The van der Waals surface area contributed by atoms with Gasteiger partial charge in [-0.3, -0.25) is 0 Å². The predicted molar refractivity (Wildman–Crippen MR) is 110 cm³/mol. The summed E-state index contributed by atoms with van der Waals surface area (Å²) in [7, 11) is 0. The Morgan fingerprint density at radius 1 is 1.14 bits per heavy atom. The SMILES string of the molecule is CC1(C[C@H](O)CCc2ccccc2)C=Cc2c(cnn2-c2ccc(F)cc2)C1. The van der Waals surface area contributed by atoms with Gasteiger partial charge in [0, 0.05) is 0 Å². The van der Waals surface area contributed by atoms with Crippen molar-refractivity contribution in [1.29, 1.82) is 0 Å². The summed E-state index contributed by atoms with van der Waals surface area (Å²) in [5.74, 6) is -0.252. The second-order valence-corrected chi connectivity index (χ2v) is 7.99. The van der Waals surface area contributed by atoms with E-state index in [2.05, 4.69) is 36.3 Å². The lowest BCUT2D eigenvalue weighted by molar-refractivity contribution is 0.116. The third-order valence-electron chi connectivity index (χ3n) is 5.51. The molecule has 1 heterocycles. The van der Waals surface area contributed by atoms with Gasteiger partial charge in [0.2, 0.25) is 0 Å². The minimum Gasteiger partial charge on any atom is -0.393 e. The van der Waals surface area contributed by atoms with Gasteiger partial charge >= 0.3 is 0 Å². The molecule has 1 unspecified atom stereocenters. The molecule has 0 saturated heterocycles. The van der Waals surface area contributed by atoms with E-state index < -0.39 is 0 Å². The van der Waals surface area contributed by atoms with Gasteiger partial charge < -0.3 is 5.11 Å². The topological polar surface area (TPSA) is 38.1 Å². The maximum atomic E-state index is 13.2. The molecule has 0 fully saturated rings. The van der Waals surface area contributed by atoms with Crippen LogP contribution in [0, 0.1) is 11.2 Å². The second-order valence-electron chi connectivity index (χ2n) is 7.99. The molecule has 0 amide bonds. The van der Waals surface area contributed by atoms with Gasteiger partial charge in [-0.25, -0.2) is 9.07 Å². The van der Waals surface area contributed by atoms with Crippen LogP contribution < -0.4 is 0 Å². The van der Waals surface area contributed by atoms with E-state index in [1.54, 1.807) is 12.1 Å². The third-order valence-corrected chi connectivity index (χ3v) is 5.51. The monoisotopic (exact) mass is 376 g/mol. The Kier molecular flexibility index (Phi) is 5.14. The summed E-state index contributed by atoms with van der Waals surface area (Å²) in [5, 5.41) is 15.1. The molecule has 1 N–H and O–H groups in total. The van der Waals surface area contributed by atoms with E-state index in [9.17, 15) is 9.50 Å². The fraction of sp³-hybridized carbons (Fsp3) is 0.292. The molecule has 3 nitrogen and oxygen atoms in total. The number of benzene rings is 2. The van der Waals surface area contributed by atoms with Crippen LogP contribution in [-0.4, -0.2) is 21.0 Å². The highest BCUT2D eigenvalue weighted by molar-refractivity contribution is 5.57. The number of allylic oxidation sites excluding steroid dienone is 1. The molecule has 1 aliphatic rings. The average Bonchev–Trinajstić information content (AvgIpc) is 3.10. The van der Waals surface area contributed by atoms with Crippen molar-refractivity contribution < 1.29 is 9.50 Å². The quantitative estimate of drug-likeness (QED) is 0.659. The van der Waals surface area contributed by atoms with Crippen LogP contribution in [0.1, 0.15) is 36.6 Å². The largest absolute Gasteiger partial charge is 0.393 e. The fourth-order valence-electron chi connectivity index (χ4n) is 4.03. The van der Waals surface area contributed by atoms with Crippen molar-refractivity contribution in [2.45, 2.75) is 38.7 Å². The van der Waals surface area contributed by atoms with Crippen LogP contribution in [-0.2, 0) is 12.8 Å². The first kappa shape index (κ1) is 18.6. The molecule has 3 aromatic rings.